The van der Waals surface area contributed by atoms with Gasteiger partial charge in [-0.2, -0.15) is 0 Å². The summed E-state index contributed by atoms with van der Waals surface area (Å²) in [5.74, 6) is 1.83. The van der Waals surface area contributed by atoms with E-state index in [1.165, 1.54) is 5.56 Å². The van der Waals surface area contributed by atoms with Gasteiger partial charge in [0.05, 0.1) is 0 Å². The molecule has 0 aliphatic rings. The minimum atomic E-state index is 0.588. The molecule has 0 N–H and O–H groups in total. The van der Waals surface area contributed by atoms with Crippen molar-refractivity contribution in [3.63, 3.8) is 0 Å². The average Bonchev–Trinajstić information content (AvgIpc) is 3.56. The Kier molecular flexibility index (Phi) is 7.33. The van der Waals surface area contributed by atoms with Crippen LogP contribution in [0.3, 0.4) is 0 Å². The average molecular weight is 642 g/mol. The zero-order valence-corrected chi connectivity index (χ0v) is 27.4. The Bertz CT molecular complexity index is 2650. The van der Waals surface area contributed by atoms with Gasteiger partial charge in [-0.05, 0) is 70.6 Å². The Labute approximate surface area is 290 Å². The minimum Gasteiger partial charge on any atom is -0.456 e. The molecule has 0 radical (unpaired) electrons. The Balaban J connectivity index is 1.21. The SMILES string of the molecule is Cc1cccc(-c2cccc(-c3nc(-c4ccccc4)nc(-c4ccc5c(c4)oc4cc(-c6ccccc6)cc(-c6ccccc6)c45)n3)c2)c1. The third-order valence-corrected chi connectivity index (χ3v) is 9.16. The monoisotopic (exact) mass is 641 g/mol. The zero-order chi connectivity index (χ0) is 33.4. The van der Waals surface area contributed by atoms with E-state index < -0.39 is 0 Å². The minimum absolute atomic E-state index is 0.588. The smallest absolute Gasteiger partial charge is 0.164 e. The number of aromatic nitrogens is 3. The van der Waals surface area contributed by atoms with Crippen molar-refractivity contribution in [2.75, 3.05) is 0 Å². The molecule has 236 valence electrons. The van der Waals surface area contributed by atoms with Crippen LogP contribution in [0.15, 0.2) is 174 Å². The molecule has 0 fully saturated rings. The molecule has 7 aromatic carbocycles. The van der Waals surface area contributed by atoms with Crippen molar-refractivity contribution in [3.8, 4) is 67.5 Å². The second kappa shape index (κ2) is 12.4. The summed E-state index contributed by atoms with van der Waals surface area (Å²) in [5, 5.41) is 2.14. The number of benzene rings is 7. The molecule has 0 bridgehead atoms. The first-order valence-electron chi connectivity index (χ1n) is 16.8. The number of furan rings is 1. The standard InChI is InChI=1S/C46H31N3O/c1-30-13-11-20-34(25-30)35-21-12-22-36(26-35)45-47-44(33-18-9-4-10-19-33)48-46(49-45)37-23-24-39-41(28-37)50-42-29-38(31-14-5-2-6-15-31)27-40(43(39)42)32-16-7-3-8-17-32/h2-29H,1H3. The molecule has 2 aromatic heterocycles. The van der Waals surface area contributed by atoms with Gasteiger partial charge < -0.3 is 4.42 Å². The van der Waals surface area contributed by atoms with Gasteiger partial charge in [0.1, 0.15) is 11.2 Å². The van der Waals surface area contributed by atoms with Gasteiger partial charge in [-0.3, -0.25) is 0 Å². The number of nitrogens with zero attached hydrogens (tertiary/aromatic N) is 3. The first kappa shape index (κ1) is 29.5. The summed E-state index contributed by atoms with van der Waals surface area (Å²) >= 11 is 0. The number of fused-ring (bicyclic) bond motifs is 3. The molecule has 0 saturated carbocycles. The van der Waals surface area contributed by atoms with E-state index in [0.717, 1.165) is 72.0 Å². The normalized spacial score (nSPS) is 11.3. The molecule has 4 nitrogen and oxygen atoms in total. The van der Waals surface area contributed by atoms with Crippen molar-refractivity contribution in [1.82, 2.24) is 15.0 Å². The first-order valence-corrected chi connectivity index (χ1v) is 16.8. The lowest BCUT2D eigenvalue weighted by molar-refractivity contribution is 0.669. The van der Waals surface area contributed by atoms with E-state index in [1.807, 2.05) is 42.5 Å². The number of aryl methyl sites for hydroxylation is 1. The molecule has 0 atom stereocenters. The molecule has 2 heterocycles. The summed E-state index contributed by atoms with van der Waals surface area (Å²) < 4.78 is 6.67. The predicted molar refractivity (Wildman–Crippen MR) is 204 cm³/mol. The second-order valence-electron chi connectivity index (χ2n) is 12.6. The molecule has 0 spiro atoms. The van der Waals surface area contributed by atoms with Gasteiger partial charge in [0, 0.05) is 27.5 Å². The van der Waals surface area contributed by atoms with Crippen molar-refractivity contribution < 1.29 is 4.42 Å². The fraction of sp³-hybridized carbons (Fsp3) is 0.0217. The summed E-state index contributed by atoms with van der Waals surface area (Å²) in [7, 11) is 0. The van der Waals surface area contributed by atoms with Crippen molar-refractivity contribution >= 4 is 21.9 Å². The molecule has 0 aliphatic carbocycles. The van der Waals surface area contributed by atoms with Crippen LogP contribution in [0, 0.1) is 6.92 Å². The van der Waals surface area contributed by atoms with E-state index >= 15 is 0 Å². The topological polar surface area (TPSA) is 51.8 Å². The highest BCUT2D eigenvalue weighted by Crippen LogP contribution is 2.41. The highest BCUT2D eigenvalue weighted by molar-refractivity contribution is 6.14. The maximum Gasteiger partial charge on any atom is 0.164 e. The molecule has 4 heteroatoms. The van der Waals surface area contributed by atoms with E-state index in [2.05, 4.69) is 134 Å². The number of hydrogen-bond acceptors (Lipinski definition) is 4. The Morgan fingerprint density at radius 2 is 0.880 bits per heavy atom. The van der Waals surface area contributed by atoms with Gasteiger partial charge in [-0.25, -0.2) is 15.0 Å². The highest BCUT2D eigenvalue weighted by Gasteiger charge is 2.18. The quantitative estimate of drug-likeness (QED) is 0.181. The van der Waals surface area contributed by atoms with Crippen molar-refractivity contribution in [2.24, 2.45) is 0 Å². The molecule has 50 heavy (non-hydrogen) atoms. The van der Waals surface area contributed by atoms with Crippen molar-refractivity contribution in [2.45, 2.75) is 6.92 Å². The summed E-state index contributed by atoms with van der Waals surface area (Å²) in [6.07, 6.45) is 0. The molecule has 0 saturated heterocycles. The fourth-order valence-electron chi connectivity index (χ4n) is 6.70. The van der Waals surface area contributed by atoms with Gasteiger partial charge in [0.15, 0.2) is 17.5 Å². The summed E-state index contributed by atoms with van der Waals surface area (Å²) in [6, 6.07) is 58.7. The highest BCUT2D eigenvalue weighted by atomic mass is 16.3. The molecular formula is C46H31N3O. The van der Waals surface area contributed by atoms with Crippen LogP contribution in [0.5, 0.6) is 0 Å². The van der Waals surface area contributed by atoms with Crippen LogP contribution in [-0.4, -0.2) is 15.0 Å². The second-order valence-corrected chi connectivity index (χ2v) is 12.6. The maximum atomic E-state index is 6.67. The summed E-state index contributed by atoms with van der Waals surface area (Å²) in [4.78, 5) is 15.1. The van der Waals surface area contributed by atoms with Crippen LogP contribution in [-0.2, 0) is 0 Å². The summed E-state index contributed by atoms with van der Waals surface area (Å²) in [6.45, 7) is 2.11. The largest absolute Gasteiger partial charge is 0.456 e. The Hall–Kier alpha value is -6.65. The van der Waals surface area contributed by atoms with E-state index in [9.17, 15) is 0 Å². The van der Waals surface area contributed by atoms with Crippen LogP contribution in [0.1, 0.15) is 5.56 Å². The maximum absolute atomic E-state index is 6.67. The third-order valence-electron chi connectivity index (χ3n) is 9.16. The van der Waals surface area contributed by atoms with Gasteiger partial charge >= 0.3 is 0 Å². The van der Waals surface area contributed by atoms with Gasteiger partial charge in [0.25, 0.3) is 0 Å². The molecular weight excluding hydrogens is 611 g/mol. The zero-order valence-electron chi connectivity index (χ0n) is 27.4. The molecule has 0 unspecified atom stereocenters. The molecule has 9 rings (SSSR count). The van der Waals surface area contributed by atoms with Crippen LogP contribution < -0.4 is 0 Å². The van der Waals surface area contributed by atoms with Crippen LogP contribution in [0.25, 0.3) is 89.5 Å². The van der Waals surface area contributed by atoms with Gasteiger partial charge in [-0.15, -0.1) is 0 Å². The van der Waals surface area contributed by atoms with Crippen molar-refractivity contribution in [1.29, 1.82) is 0 Å². The van der Waals surface area contributed by atoms with E-state index in [4.69, 9.17) is 19.4 Å². The van der Waals surface area contributed by atoms with Crippen LogP contribution in [0.4, 0.5) is 0 Å². The van der Waals surface area contributed by atoms with E-state index in [1.54, 1.807) is 0 Å². The predicted octanol–water partition coefficient (Wildman–Crippen LogP) is 12.1. The summed E-state index contributed by atoms with van der Waals surface area (Å²) in [5.41, 5.74) is 12.4. The number of rotatable bonds is 6. The van der Waals surface area contributed by atoms with Crippen molar-refractivity contribution in [3.05, 3.63) is 175 Å². The lowest BCUT2D eigenvalue weighted by Crippen LogP contribution is -2.00. The number of hydrogen-bond donors (Lipinski definition) is 0. The molecule has 9 aromatic rings. The molecule has 0 aliphatic heterocycles. The third kappa shape index (κ3) is 5.53. The van der Waals surface area contributed by atoms with E-state index in [0.29, 0.717) is 17.5 Å². The Morgan fingerprint density at radius 3 is 1.56 bits per heavy atom. The van der Waals surface area contributed by atoms with Crippen LogP contribution >= 0.6 is 0 Å². The lowest BCUT2D eigenvalue weighted by Gasteiger charge is -2.10. The van der Waals surface area contributed by atoms with Crippen LogP contribution in [0.2, 0.25) is 0 Å². The fourth-order valence-corrected chi connectivity index (χ4v) is 6.70. The van der Waals surface area contributed by atoms with Gasteiger partial charge in [-0.1, -0.05) is 145 Å². The lowest BCUT2D eigenvalue weighted by atomic mass is 9.94. The van der Waals surface area contributed by atoms with Gasteiger partial charge in [0.2, 0.25) is 0 Å². The van der Waals surface area contributed by atoms with E-state index in [-0.39, 0.29) is 0 Å². The Morgan fingerprint density at radius 1 is 0.360 bits per heavy atom. The molecule has 0 amide bonds. The first-order chi connectivity index (χ1) is 24.7.